The maximum Gasteiger partial charge on any atom is 0.264 e. The third kappa shape index (κ3) is 8.32. The molecule has 0 aliphatic heterocycles. The minimum Gasteiger partial charge on any atom is -0.494 e. The molecule has 0 fully saturated rings. The maximum absolute atomic E-state index is 14.0. The summed E-state index contributed by atoms with van der Waals surface area (Å²) in [6, 6.07) is 21.1. The Labute approximate surface area is 245 Å². The van der Waals surface area contributed by atoms with Gasteiger partial charge in [0.1, 0.15) is 18.3 Å². The third-order valence-electron chi connectivity index (χ3n) is 5.95. The molecule has 0 unspecified atom stereocenters. The standard InChI is InChI=1S/C30H36BrN3O5S/c1-6-39-26-15-17-27(18-16-26)40(37,38)34(25-13-8-7-9-14-25)21-28(35)33(20-23-11-10-12-24(31)19-23)22(2)29(36)32-30(3,4)5/h7-19,22H,6,20-21H2,1-5H3,(H,32,36)/t22-/m0/s1. The van der Waals surface area contributed by atoms with Gasteiger partial charge in [-0.3, -0.25) is 13.9 Å². The van der Waals surface area contributed by atoms with Gasteiger partial charge in [-0.05, 0) is 88.7 Å². The van der Waals surface area contributed by atoms with E-state index in [1.807, 2.05) is 52.0 Å². The fourth-order valence-electron chi connectivity index (χ4n) is 4.01. The van der Waals surface area contributed by atoms with Crippen molar-refractivity contribution in [2.75, 3.05) is 17.5 Å². The molecule has 8 nitrogen and oxygen atoms in total. The van der Waals surface area contributed by atoms with Crippen LogP contribution in [-0.2, 0) is 26.2 Å². The van der Waals surface area contributed by atoms with E-state index in [1.54, 1.807) is 49.4 Å². The van der Waals surface area contributed by atoms with Crippen LogP contribution in [0, 0.1) is 0 Å². The van der Waals surface area contributed by atoms with Crippen molar-refractivity contribution in [2.24, 2.45) is 0 Å². The molecule has 40 heavy (non-hydrogen) atoms. The molecule has 3 rings (SSSR count). The van der Waals surface area contributed by atoms with E-state index < -0.39 is 34.1 Å². The van der Waals surface area contributed by atoms with Crippen LogP contribution >= 0.6 is 15.9 Å². The summed E-state index contributed by atoms with van der Waals surface area (Å²) in [7, 11) is -4.15. The molecule has 10 heteroatoms. The molecule has 0 aliphatic rings. The highest BCUT2D eigenvalue weighted by molar-refractivity contribution is 9.10. The van der Waals surface area contributed by atoms with Crippen LogP contribution in [0.4, 0.5) is 5.69 Å². The van der Waals surface area contributed by atoms with Crippen molar-refractivity contribution < 1.29 is 22.7 Å². The Morgan fingerprint density at radius 3 is 2.20 bits per heavy atom. The van der Waals surface area contributed by atoms with Gasteiger partial charge in [-0.1, -0.05) is 46.3 Å². The summed E-state index contributed by atoms with van der Waals surface area (Å²) in [6.07, 6.45) is 0. The van der Waals surface area contributed by atoms with Crippen LogP contribution in [0.3, 0.4) is 0 Å². The molecule has 3 aromatic carbocycles. The van der Waals surface area contributed by atoms with Gasteiger partial charge in [0.05, 0.1) is 17.2 Å². The predicted molar refractivity (Wildman–Crippen MR) is 161 cm³/mol. The summed E-state index contributed by atoms with van der Waals surface area (Å²) >= 11 is 3.45. The Morgan fingerprint density at radius 2 is 1.62 bits per heavy atom. The number of hydrogen-bond acceptors (Lipinski definition) is 5. The molecule has 0 aromatic heterocycles. The van der Waals surface area contributed by atoms with Crippen molar-refractivity contribution >= 4 is 43.5 Å². The van der Waals surface area contributed by atoms with Crippen LogP contribution in [0.5, 0.6) is 5.75 Å². The minimum absolute atomic E-state index is 0.0182. The zero-order chi connectivity index (χ0) is 29.5. The molecule has 3 aromatic rings. The number of ether oxygens (including phenoxy) is 1. The number of carbonyl (C=O) groups excluding carboxylic acids is 2. The number of amides is 2. The number of anilines is 1. The topological polar surface area (TPSA) is 96.0 Å². The second-order valence-corrected chi connectivity index (χ2v) is 13.1. The van der Waals surface area contributed by atoms with Crippen LogP contribution in [0.1, 0.15) is 40.2 Å². The molecule has 0 heterocycles. The van der Waals surface area contributed by atoms with Gasteiger partial charge >= 0.3 is 0 Å². The van der Waals surface area contributed by atoms with E-state index in [0.717, 1.165) is 14.3 Å². The van der Waals surface area contributed by atoms with Crippen LogP contribution in [-0.4, -0.2) is 49.9 Å². The second kappa shape index (κ2) is 13.3. The van der Waals surface area contributed by atoms with Crippen molar-refractivity contribution in [1.82, 2.24) is 10.2 Å². The molecule has 0 radical (unpaired) electrons. The van der Waals surface area contributed by atoms with Crippen molar-refractivity contribution in [3.05, 3.63) is 88.9 Å². The lowest BCUT2D eigenvalue weighted by molar-refractivity contribution is -0.140. The molecular formula is C30H36BrN3O5S. The normalized spacial score (nSPS) is 12.3. The lowest BCUT2D eigenvalue weighted by atomic mass is 10.1. The number of para-hydroxylation sites is 1. The number of halogens is 1. The molecule has 0 bridgehead atoms. The van der Waals surface area contributed by atoms with Crippen molar-refractivity contribution in [1.29, 1.82) is 0 Å². The average Bonchev–Trinajstić information content (AvgIpc) is 2.90. The van der Waals surface area contributed by atoms with Gasteiger partial charge in [0, 0.05) is 16.6 Å². The zero-order valence-electron chi connectivity index (χ0n) is 23.4. The van der Waals surface area contributed by atoms with Gasteiger partial charge in [-0.25, -0.2) is 8.42 Å². The van der Waals surface area contributed by atoms with Crippen LogP contribution in [0.2, 0.25) is 0 Å². The first kappa shape index (κ1) is 31.2. The van der Waals surface area contributed by atoms with E-state index in [9.17, 15) is 18.0 Å². The Balaban J connectivity index is 2.00. The first-order chi connectivity index (χ1) is 18.8. The lowest BCUT2D eigenvalue weighted by Gasteiger charge is -2.33. The summed E-state index contributed by atoms with van der Waals surface area (Å²) in [6.45, 7) is 9.13. The zero-order valence-corrected chi connectivity index (χ0v) is 25.8. The first-order valence-electron chi connectivity index (χ1n) is 13.0. The Kier molecular flexibility index (Phi) is 10.4. The van der Waals surface area contributed by atoms with E-state index in [2.05, 4.69) is 21.2 Å². The molecule has 1 atom stereocenters. The monoisotopic (exact) mass is 629 g/mol. The van der Waals surface area contributed by atoms with Gasteiger partial charge in [0.25, 0.3) is 10.0 Å². The lowest BCUT2D eigenvalue weighted by Crippen LogP contribution is -2.54. The minimum atomic E-state index is -4.15. The highest BCUT2D eigenvalue weighted by atomic mass is 79.9. The SMILES string of the molecule is CCOc1ccc(S(=O)(=O)N(CC(=O)N(Cc2cccc(Br)c2)[C@@H](C)C(=O)NC(C)(C)C)c2ccccc2)cc1. The highest BCUT2D eigenvalue weighted by Gasteiger charge is 2.33. The first-order valence-corrected chi connectivity index (χ1v) is 15.2. The summed E-state index contributed by atoms with van der Waals surface area (Å²) in [5, 5.41) is 2.92. The Morgan fingerprint density at radius 1 is 0.975 bits per heavy atom. The van der Waals surface area contributed by atoms with Crippen molar-refractivity contribution in [3.8, 4) is 5.75 Å². The molecular weight excluding hydrogens is 594 g/mol. The van der Waals surface area contributed by atoms with Crippen LogP contribution < -0.4 is 14.4 Å². The predicted octanol–water partition coefficient (Wildman–Crippen LogP) is 5.38. The van der Waals surface area contributed by atoms with Crippen molar-refractivity contribution in [3.63, 3.8) is 0 Å². The molecule has 0 spiro atoms. The van der Waals surface area contributed by atoms with E-state index in [4.69, 9.17) is 4.74 Å². The van der Waals surface area contributed by atoms with Gasteiger partial charge in [-0.15, -0.1) is 0 Å². The Hall–Kier alpha value is -3.37. The molecule has 0 saturated carbocycles. The quantitative estimate of drug-likeness (QED) is 0.307. The molecule has 2 amide bonds. The smallest absolute Gasteiger partial charge is 0.264 e. The number of rotatable bonds is 11. The molecule has 0 saturated heterocycles. The number of hydrogen-bond donors (Lipinski definition) is 1. The Bertz CT molecular complexity index is 1410. The second-order valence-electron chi connectivity index (χ2n) is 10.3. The van der Waals surface area contributed by atoms with Gasteiger partial charge in [-0.2, -0.15) is 0 Å². The highest BCUT2D eigenvalue weighted by Crippen LogP contribution is 2.26. The van der Waals surface area contributed by atoms with E-state index in [-0.39, 0.29) is 17.3 Å². The molecule has 0 aliphatic carbocycles. The summed E-state index contributed by atoms with van der Waals surface area (Å²) in [5.74, 6) is -0.311. The third-order valence-corrected chi connectivity index (χ3v) is 8.23. The van der Waals surface area contributed by atoms with E-state index in [1.165, 1.54) is 17.0 Å². The van der Waals surface area contributed by atoms with Crippen LogP contribution in [0.25, 0.3) is 0 Å². The number of sulfonamides is 1. The number of benzene rings is 3. The van der Waals surface area contributed by atoms with Crippen molar-refractivity contribution in [2.45, 2.75) is 57.6 Å². The average molecular weight is 631 g/mol. The van der Waals surface area contributed by atoms with Gasteiger partial charge in [0.2, 0.25) is 11.8 Å². The van der Waals surface area contributed by atoms with Gasteiger partial charge < -0.3 is 15.0 Å². The van der Waals surface area contributed by atoms with E-state index in [0.29, 0.717) is 18.0 Å². The summed E-state index contributed by atoms with van der Waals surface area (Å²) in [5.41, 5.74) is 0.612. The number of carbonyl (C=O) groups is 2. The number of nitrogens with zero attached hydrogens (tertiary/aromatic N) is 2. The van der Waals surface area contributed by atoms with Gasteiger partial charge in [0.15, 0.2) is 0 Å². The molecule has 1 N–H and O–H groups in total. The number of nitrogens with one attached hydrogen (secondary N) is 1. The maximum atomic E-state index is 14.0. The fraction of sp³-hybridized carbons (Fsp3) is 0.333. The van der Waals surface area contributed by atoms with Crippen LogP contribution in [0.15, 0.2) is 88.2 Å². The summed E-state index contributed by atoms with van der Waals surface area (Å²) in [4.78, 5) is 28.5. The fourth-order valence-corrected chi connectivity index (χ4v) is 5.87. The van der Waals surface area contributed by atoms with E-state index >= 15 is 0 Å². The largest absolute Gasteiger partial charge is 0.494 e. The molecule has 214 valence electrons. The summed E-state index contributed by atoms with van der Waals surface area (Å²) < 4.78 is 35.1.